The zero-order chi connectivity index (χ0) is 13.0. The van der Waals surface area contributed by atoms with E-state index >= 15 is 0 Å². The van der Waals surface area contributed by atoms with E-state index in [4.69, 9.17) is 0 Å². The van der Waals surface area contributed by atoms with Crippen LogP contribution in [-0.4, -0.2) is 47.6 Å². The van der Waals surface area contributed by atoms with Gasteiger partial charge in [-0.25, -0.2) is 0 Å². The lowest BCUT2D eigenvalue weighted by Crippen LogP contribution is -2.52. The van der Waals surface area contributed by atoms with Gasteiger partial charge in [-0.15, -0.1) is 0 Å². The lowest BCUT2D eigenvalue weighted by molar-refractivity contribution is 0.150. The summed E-state index contributed by atoms with van der Waals surface area (Å²) in [6.07, 6.45) is 10.4. The Labute approximate surface area is 117 Å². The summed E-state index contributed by atoms with van der Waals surface area (Å²) in [5.74, 6) is 0. The van der Waals surface area contributed by atoms with Crippen molar-refractivity contribution in [3.63, 3.8) is 0 Å². The SMILES string of the molecule is CCC1(CC)CN(C2CCC(SC)C2)CCCN1. The summed E-state index contributed by atoms with van der Waals surface area (Å²) in [4.78, 5) is 2.81. The molecule has 1 saturated heterocycles. The van der Waals surface area contributed by atoms with Crippen molar-refractivity contribution in [2.45, 2.75) is 69.2 Å². The van der Waals surface area contributed by atoms with Crippen molar-refractivity contribution in [3.8, 4) is 0 Å². The molecule has 18 heavy (non-hydrogen) atoms. The van der Waals surface area contributed by atoms with Crippen LogP contribution >= 0.6 is 11.8 Å². The zero-order valence-corrected chi connectivity index (χ0v) is 13.2. The van der Waals surface area contributed by atoms with Crippen molar-refractivity contribution in [1.82, 2.24) is 10.2 Å². The molecule has 0 aromatic carbocycles. The fourth-order valence-corrected chi connectivity index (χ4v) is 4.44. The van der Waals surface area contributed by atoms with Crippen molar-refractivity contribution in [3.05, 3.63) is 0 Å². The first-order chi connectivity index (χ1) is 8.73. The second kappa shape index (κ2) is 6.62. The number of thioether (sulfide) groups is 1. The summed E-state index contributed by atoms with van der Waals surface area (Å²) < 4.78 is 0. The Morgan fingerprint density at radius 2 is 2.06 bits per heavy atom. The smallest absolute Gasteiger partial charge is 0.0303 e. The number of nitrogens with one attached hydrogen (secondary N) is 1. The molecule has 106 valence electrons. The van der Waals surface area contributed by atoms with Gasteiger partial charge in [-0.1, -0.05) is 13.8 Å². The van der Waals surface area contributed by atoms with Gasteiger partial charge in [0.25, 0.3) is 0 Å². The van der Waals surface area contributed by atoms with E-state index in [-0.39, 0.29) is 0 Å². The highest BCUT2D eigenvalue weighted by atomic mass is 32.2. The van der Waals surface area contributed by atoms with E-state index < -0.39 is 0 Å². The third kappa shape index (κ3) is 3.23. The van der Waals surface area contributed by atoms with Crippen LogP contribution in [0.25, 0.3) is 0 Å². The van der Waals surface area contributed by atoms with Crippen LogP contribution in [0.3, 0.4) is 0 Å². The first-order valence-corrected chi connectivity index (χ1v) is 9.03. The van der Waals surface area contributed by atoms with Crippen molar-refractivity contribution < 1.29 is 0 Å². The van der Waals surface area contributed by atoms with Crippen LogP contribution in [0.2, 0.25) is 0 Å². The van der Waals surface area contributed by atoms with Gasteiger partial charge < -0.3 is 5.32 Å². The highest BCUT2D eigenvalue weighted by Crippen LogP contribution is 2.33. The summed E-state index contributed by atoms with van der Waals surface area (Å²) in [6.45, 7) is 8.47. The molecule has 1 aliphatic carbocycles. The normalized spacial score (nSPS) is 33.5. The fraction of sp³-hybridized carbons (Fsp3) is 1.00. The molecule has 1 saturated carbocycles. The monoisotopic (exact) mass is 270 g/mol. The maximum absolute atomic E-state index is 3.83. The number of hydrogen-bond donors (Lipinski definition) is 1. The zero-order valence-electron chi connectivity index (χ0n) is 12.4. The standard InChI is InChI=1S/C15H30N2S/c1-4-15(5-2)12-17(10-6-9-16-15)13-7-8-14(11-13)18-3/h13-14,16H,4-12H2,1-3H3. The first-order valence-electron chi connectivity index (χ1n) is 7.75. The number of rotatable bonds is 4. The van der Waals surface area contributed by atoms with Gasteiger partial charge in [-0.05, 0) is 57.9 Å². The molecule has 2 rings (SSSR count). The van der Waals surface area contributed by atoms with E-state index in [1.807, 2.05) is 0 Å². The predicted octanol–water partition coefficient (Wildman–Crippen LogP) is 3.12. The molecule has 2 aliphatic rings. The maximum Gasteiger partial charge on any atom is 0.0303 e. The van der Waals surface area contributed by atoms with E-state index in [9.17, 15) is 0 Å². The Hall–Kier alpha value is 0.270. The van der Waals surface area contributed by atoms with Crippen LogP contribution in [-0.2, 0) is 0 Å². The molecule has 0 amide bonds. The third-order valence-electron chi connectivity index (χ3n) is 5.19. The third-order valence-corrected chi connectivity index (χ3v) is 6.28. The second-order valence-electron chi connectivity index (χ2n) is 6.06. The Kier molecular flexibility index (Phi) is 5.40. The Balaban J connectivity index is 1.99. The topological polar surface area (TPSA) is 15.3 Å². The van der Waals surface area contributed by atoms with Crippen molar-refractivity contribution in [1.29, 1.82) is 0 Å². The van der Waals surface area contributed by atoms with Gasteiger partial charge in [-0.3, -0.25) is 4.90 Å². The van der Waals surface area contributed by atoms with Crippen LogP contribution in [0.4, 0.5) is 0 Å². The average molecular weight is 270 g/mol. The maximum atomic E-state index is 3.83. The summed E-state index contributed by atoms with van der Waals surface area (Å²) in [7, 11) is 0. The molecule has 0 radical (unpaired) electrons. The van der Waals surface area contributed by atoms with Gasteiger partial charge >= 0.3 is 0 Å². The highest BCUT2D eigenvalue weighted by molar-refractivity contribution is 7.99. The molecule has 1 aliphatic heterocycles. The number of nitrogens with zero attached hydrogens (tertiary/aromatic N) is 1. The van der Waals surface area contributed by atoms with E-state index in [1.54, 1.807) is 0 Å². The van der Waals surface area contributed by atoms with Crippen LogP contribution in [0, 0.1) is 0 Å². The molecule has 2 nitrogen and oxygen atoms in total. The minimum absolute atomic E-state index is 0.383. The molecule has 3 heteroatoms. The van der Waals surface area contributed by atoms with Crippen LogP contribution in [0.15, 0.2) is 0 Å². The van der Waals surface area contributed by atoms with Gasteiger partial charge in [0.1, 0.15) is 0 Å². The fourth-order valence-electron chi connectivity index (χ4n) is 3.66. The molecule has 0 aromatic heterocycles. The molecular formula is C15H30N2S. The molecule has 1 heterocycles. The Morgan fingerprint density at radius 1 is 1.28 bits per heavy atom. The van der Waals surface area contributed by atoms with Gasteiger partial charge in [0.2, 0.25) is 0 Å². The molecular weight excluding hydrogens is 240 g/mol. The van der Waals surface area contributed by atoms with Gasteiger partial charge in [0.15, 0.2) is 0 Å². The summed E-state index contributed by atoms with van der Waals surface area (Å²) >= 11 is 2.07. The molecule has 1 N–H and O–H groups in total. The Bertz CT molecular complexity index is 253. The van der Waals surface area contributed by atoms with Crippen molar-refractivity contribution in [2.24, 2.45) is 0 Å². The van der Waals surface area contributed by atoms with E-state index in [2.05, 4.69) is 42.1 Å². The highest BCUT2D eigenvalue weighted by Gasteiger charge is 2.35. The Morgan fingerprint density at radius 3 is 2.67 bits per heavy atom. The molecule has 2 fully saturated rings. The molecule has 0 spiro atoms. The lowest BCUT2D eigenvalue weighted by Gasteiger charge is -2.38. The van der Waals surface area contributed by atoms with Gasteiger partial charge in [-0.2, -0.15) is 11.8 Å². The van der Waals surface area contributed by atoms with Crippen LogP contribution < -0.4 is 5.32 Å². The van der Waals surface area contributed by atoms with Crippen molar-refractivity contribution in [2.75, 3.05) is 25.9 Å². The summed E-state index contributed by atoms with van der Waals surface area (Å²) in [5.41, 5.74) is 0.383. The van der Waals surface area contributed by atoms with E-state index in [1.165, 1.54) is 58.2 Å². The van der Waals surface area contributed by atoms with Crippen LogP contribution in [0.1, 0.15) is 52.4 Å². The molecule has 2 unspecified atom stereocenters. The summed E-state index contributed by atoms with van der Waals surface area (Å²) in [6, 6.07) is 0.861. The molecule has 0 bridgehead atoms. The quantitative estimate of drug-likeness (QED) is 0.845. The minimum atomic E-state index is 0.383. The molecule has 2 atom stereocenters. The summed E-state index contributed by atoms with van der Waals surface area (Å²) in [5, 5.41) is 4.75. The van der Waals surface area contributed by atoms with Gasteiger partial charge in [0, 0.05) is 23.4 Å². The largest absolute Gasteiger partial charge is 0.310 e. The van der Waals surface area contributed by atoms with E-state index in [0.29, 0.717) is 5.54 Å². The van der Waals surface area contributed by atoms with E-state index in [0.717, 1.165) is 11.3 Å². The average Bonchev–Trinajstić information content (AvgIpc) is 2.79. The minimum Gasteiger partial charge on any atom is -0.310 e. The van der Waals surface area contributed by atoms with Crippen molar-refractivity contribution >= 4 is 11.8 Å². The number of hydrogen-bond acceptors (Lipinski definition) is 3. The van der Waals surface area contributed by atoms with Gasteiger partial charge in [0.05, 0.1) is 0 Å². The first kappa shape index (κ1) is 14.7. The lowest BCUT2D eigenvalue weighted by atomic mass is 9.92. The molecule has 0 aromatic rings. The van der Waals surface area contributed by atoms with Crippen LogP contribution in [0.5, 0.6) is 0 Å². The predicted molar refractivity (Wildman–Crippen MR) is 82.4 cm³/mol. The second-order valence-corrected chi connectivity index (χ2v) is 7.20.